The van der Waals surface area contributed by atoms with E-state index < -0.39 is 11.5 Å². The number of aliphatic hydroxyl groups is 1. The van der Waals surface area contributed by atoms with E-state index >= 15 is 0 Å². The van der Waals surface area contributed by atoms with E-state index in [9.17, 15) is 14.7 Å². The van der Waals surface area contributed by atoms with Crippen molar-refractivity contribution in [2.24, 2.45) is 0 Å². The number of para-hydroxylation sites is 1. The molecule has 0 saturated heterocycles. The van der Waals surface area contributed by atoms with Crippen molar-refractivity contribution in [3.05, 3.63) is 113 Å². The molecule has 1 aliphatic heterocycles. The van der Waals surface area contributed by atoms with Gasteiger partial charge in [-0.15, -0.1) is 0 Å². The van der Waals surface area contributed by atoms with E-state index in [0.29, 0.717) is 21.8 Å². The molecule has 4 aromatic carbocycles. The fraction of sp³-hybridized carbons (Fsp3) is 0.111. The Bertz CT molecular complexity index is 1370. The standard InChI is InChI=1S/C27H20ClNO3/c28-22-9-5-6-18(14-22)17-29-24-11-4-3-10-23(24)27(32,26(29)31)16-25(30)21-13-12-19-7-1-2-8-20(19)15-21/h1-15,32H,16-17H2/t27-/m1/s1. The number of nitrogens with zero attached hydrogens (tertiary/aromatic N) is 1. The predicted molar refractivity (Wildman–Crippen MR) is 126 cm³/mol. The summed E-state index contributed by atoms with van der Waals surface area (Å²) >= 11 is 6.10. The van der Waals surface area contributed by atoms with Gasteiger partial charge in [0, 0.05) is 16.1 Å². The quantitative estimate of drug-likeness (QED) is 0.416. The summed E-state index contributed by atoms with van der Waals surface area (Å²) in [5.41, 5.74) is 0.437. The molecular weight excluding hydrogens is 422 g/mol. The zero-order valence-corrected chi connectivity index (χ0v) is 17.9. The van der Waals surface area contributed by atoms with Crippen LogP contribution in [0.15, 0.2) is 91.0 Å². The maximum Gasteiger partial charge on any atom is 0.264 e. The molecule has 5 rings (SSSR count). The number of halogens is 1. The minimum absolute atomic E-state index is 0.253. The van der Waals surface area contributed by atoms with Crippen molar-refractivity contribution < 1.29 is 14.7 Å². The first kappa shape index (κ1) is 20.4. The maximum absolute atomic E-state index is 13.4. The Kier molecular flexibility index (Phi) is 5.04. The molecule has 0 fully saturated rings. The summed E-state index contributed by atoms with van der Waals surface area (Å²) in [5.74, 6) is -0.793. The molecule has 1 N–H and O–H groups in total. The Morgan fingerprint density at radius 2 is 1.62 bits per heavy atom. The van der Waals surface area contributed by atoms with Gasteiger partial charge in [-0.2, -0.15) is 0 Å². The molecule has 5 heteroatoms. The monoisotopic (exact) mass is 441 g/mol. The van der Waals surface area contributed by atoms with E-state index in [2.05, 4.69) is 0 Å². The van der Waals surface area contributed by atoms with Crippen molar-refractivity contribution in [1.29, 1.82) is 0 Å². The molecule has 4 nitrogen and oxygen atoms in total. The van der Waals surface area contributed by atoms with Crippen LogP contribution in [0.3, 0.4) is 0 Å². The number of benzene rings is 4. The van der Waals surface area contributed by atoms with Crippen LogP contribution in [0.25, 0.3) is 10.8 Å². The van der Waals surface area contributed by atoms with E-state index in [4.69, 9.17) is 11.6 Å². The van der Waals surface area contributed by atoms with Crippen molar-refractivity contribution >= 4 is 39.8 Å². The number of rotatable bonds is 5. The van der Waals surface area contributed by atoms with Crippen LogP contribution in [0.1, 0.15) is 27.9 Å². The highest BCUT2D eigenvalue weighted by Gasteiger charge is 2.50. The molecule has 0 radical (unpaired) electrons. The van der Waals surface area contributed by atoms with Crippen molar-refractivity contribution in [2.75, 3.05) is 4.90 Å². The average molecular weight is 442 g/mol. The van der Waals surface area contributed by atoms with E-state index in [1.807, 2.05) is 48.5 Å². The SMILES string of the molecule is O=C(C[C@]1(O)C(=O)N(Cc2cccc(Cl)c2)c2ccccc21)c1ccc2ccccc2c1. The second-order valence-corrected chi connectivity index (χ2v) is 8.50. The molecule has 0 unspecified atom stereocenters. The van der Waals surface area contributed by atoms with Crippen LogP contribution >= 0.6 is 11.6 Å². The third kappa shape index (κ3) is 3.48. The van der Waals surface area contributed by atoms with Crippen LogP contribution in [0, 0.1) is 0 Å². The number of ketones is 1. The minimum Gasteiger partial charge on any atom is -0.375 e. The highest BCUT2D eigenvalue weighted by atomic mass is 35.5. The molecule has 1 amide bonds. The average Bonchev–Trinajstić information content (AvgIpc) is 3.01. The molecular formula is C27H20ClNO3. The summed E-state index contributed by atoms with van der Waals surface area (Å²) in [6, 6.07) is 27.5. The molecule has 0 bridgehead atoms. The molecule has 158 valence electrons. The van der Waals surface area contributed by atoms with Gasteiger partial charge in [-0.05, 0) is 40.6 Å². The first-order chi connectivity index (χ1) is 15.5. The summed E-state index contributed by atoms with van der Waals surface area (Å²) in [6.45, 7) is 0.253. The van der Waals surface area contributed by atoms with Gasteiger partial charge in [0.2, 0.25) is 0 Å². The number of anilines is 1. The second kappa shape index (κ2) is 7.90. The molecule has 1 heterocycles. The number of amides is 1. The fourth-order valence-corrected chi connectivity index (χ4v) is 4.56. The molecule has 1 aliphatic rings. The van der Waals surface area contributed by atoms with Gasteiger partial charge in [-0.25, -0.2) is 0 Å². The molecule has 0 aromatic heterocycles. The van der Waals surface area contributed by atoms with Crippen LogP contribution in [-0.4, -0.2) is 16.8 Å². The van der Waals surface area contributed by atoms with E-state index in [0.717, 1.165) is 16.3 Å². The fourth-order valence-electron chi connectivity index (χ4n) is 4.35. The first-order valence-electron chi connectivity index (χ1n) is 10.4. The number of carbonyl (C=O) groups is 2. The highest BCUT2D eigenvalue weighted by molar-refractivity contribution is 6.30. The number of fused-ring (bicyclic) bond motifs is 2. The van der Waals surface area contributed by atoms with Crippen LogP contribution < -0.4 is 4.90 Å². The first-order valence-corrected chi connectivity index (χ1v) is 10.7. The van der Waals surface area contributed by atoms with E-state index in [1.54, 1.807) is 42.5 Å². The molecule has 1 atom stereocenters. The summed E-state index contributed by atoms with van der Waals surface area (Å²) < 4.78 is 0. The van der Waals surface area contributed by atoms with Crippen molar-refractivity contribution in [3.8, 4) is 0 Å². The Hall–Kier alpha value is -3.47. The topological polar surface area (TPSA) is 57.6 Å². The lowest BCUT2D eigenvalue weighted by Gasteiger charge is -2.23. The van der Waals surface area contributed by atoms with Crippen molar-refractivity contribution in [1.82, 2.24) is 0 Å². The van der Waals surface area contributed by atoms with Gasteiger partial charge < -0.3 is 10.0 Å². The lowest BCUT2D eigenvalue weighted by molar-refractivity contribution is -0.136. The Balaban J connectivity index is 1.48. The van der Waals surface area contributed by atoms with Crippen LogP contribution in [-0.2, 0) is 16.9 Å². The summed E-state index contributed by atoms with van der Waals surface area (Å²) in [6.07, 6.45) is -0.326. The lowest BCUT2D eigenvalue weighted by Crippen LogP contribution is -2.41. The maximum atomic E-state index is 13.4. The zero-order chi connectivity index (χ0) is 22.3. The molecule has 32 heavy (non-hydrogen) atoms. The molecule has 0 saturated carbocycles. The van der Waals surface area contributed by atoms with Gasteiger partial charge in [-0.1, -0.05) is 78.3 Å². The zero-order valence-electron chi connectivity index (χ0n) is 17.2. The van der Waals surface area contributed by atoms with Gasteiger partial charge >= 0.3 is 0 Å². The number of hydrogen-bond donors (Lipinski definition) is 1. The van der Waals surface area contributed by atoms with Crippen LogP contribution in [0.5, 0.6) is 0 Å². The van der Waals surface area contributed by atoms with Gasteiger partial charge in [0.15, 0.2) is 11.4 Å². The van der Waals surface area contributed by atoms with Crippen LogP contribution in [0.4, 0.5) is 5.69 Å². The van der Waals surface area contributed by atoms with Crippen molar-refractivity contribution in [3.63, 3.8) is 0 Å². The number of carbonyl (C=O) groups excluding carboxylic acids is 2. The molecule has 4 aromatic rings. The summed E-state index contributed by atoms with van der Waals surface area (Å²) in [5, 5.41) is 14.1. The largest absolute Gasteiger partial charge is 0.375 e. The lowest BCUT2D eigenvalue weighted by atomic mass is 9.88. The third-order valence-electron chi connectivity index (χ3n) is 5.96. The van der Waals surface area contributed by atoms with Crippen LogP contribution in [0.2, 0.25) is 5.02 Å². The van der Waals surface area contributed by atoms with Gasteiger partial charge in [-0.3, -0.25) is 9.59 Å². The number of hydrogen-bond acceptors (Lipinski definition) is 3. The van der Waals surface area contributed by atoms with Gasteiger partial charge in [0.1, 0.15) is 0 Å². The van der Waals surface area contributed by atoms with Crippen molar-refractivity contribution in [2.45, 2.75) is 18.6 Å². The minimum atomic E-state index is -1.92. The Morgan fingerprint density at radius 3 is 2.44 bits per heavy atom. The molecule has 0 spiro atoms. The van der Waals surface area contributed by atoms with E-state index in [-0.39, 0.29) is 18.7 Å². The molecule has 0 aliphatic carbocycles. The Labute approximate surface area is 190 Å². The normalized spacial score (nSPS) is 17.6. The van der Waals surface area contributed by atoms with Gasteiger partial charge in [0.25, 0.3) is 5.91 Å². The summed E-state index contributed by atoms with van der Waals surface area (Å²) in [7, 11) is 0. The highest BCUT2D eigenvalue weighted by Crippen LogP contribution is 2.43. The Morgan fingerprint density at radius 1 is 0.875 bits per heavy atom. The summed E-state index contributed by atoms with van der Waals surface area (Å²) in [4.78, 5) is 28.1. The van der Waals surface area contributed by atoms with Gasteiger partial charge in [0.05, 0.1) is 18.7 Å². The predicted octanol–water partition coefficient (Wildman–Crippen LogP) is 5.50. The third-order valence-corrected chi connectivity index (χ3v) is 6.19. The number of Topliss-reactive ketones (excluding diaryl/α,β-unsaturated/α-hetero) is 1. The second-order valence-electron chi connectivity index (χ2n) is 8.06. The smallest absolute Gasteiger partial charge is 0.264 e. The van der Waals surface area contributed by atoms with E-state index in [1.165, 1.54) is 4.90 Å².